The van der Waals surface area contributed by atoms with Gasteiger partial charge >= 0.3 is 0 Å². The lowest BCUT2D eigenvalue weighted by atomic mass is 10.2. The molecular weight excluding hydrogens is 360 g/mol. The average Bonchev–Trinajstić information content (AvgIpc) is 2.90. The third-order valence-electron chi connectivity index (χ3n) is 3.09. The van der Waals surface area contributed by atoms with E-state index in [1.54, 1.807) is 6.20 Å². The van der Waals surface area contributed by atoms with Crippen LogP contribution in [0.5, 0.6) is 0 Å². The molecule has 2 unspecified atom stereocenters. The number of carbonyl (C=O) groups is 1. The molecule has 21 heavy (non-hydrogen) atoms. The normalized spacial score (nSPS) is 26.4. The summed E-state index contributed by atoms with van der Waals surface area (Å²) in [5.74, 6) is 0. The Hall–Kier alpha value is -0.690. The van der Waals surface area contributed by atoms with Crippen molar-refractivity contribution in [1.29, 1.82) is 0 Å². The Labute approximate surface area is 137 Å². The van der Waals surface area contributed by atoms with Crippen LogP contribution in [0.25, 0.3) is 0 Å². The van der Waals surface area contributed by atoms with E-state index >= 15 is 0 Å². The van der Waals surface area contributed by atoms with Gasteiger partial charge in [0.2, 0.25) is 0 Å². The van der Waals surface area contributed by atoms with Crippen LogP contribution in [0.4, 0.5) is 0 Å². The van der Waals surface area contributed by atoms with E-state index in [4.69, 9.17) is 16.3 Å². The van der Waals surface area contributed by atoms with Crippen LogP contribution in [-0.2, 0) is 20.0 Å². The van der Waals surface area contributed by atoms with Crippen LogP contribution in [0, 0.1) is 0 Å². The SMILES string of the molecule is CC(C)(C)OC=O.Clc1cc(Br)cnc1C12CN1CCO2. The van der Waals surface area contributed by atoms with Gasteiger partial charge in [-0.25, -0.2) is 0 Å². The second-order valence-electron chi connectivity index (χ2n) is 5.86. The quantitative estimate of drug-likeness (QED) is 0.586. The van der Waals surface area contributed by atoms with Gasteiger partial charge in [-0.05, 0) is 42.8 Å². The Morgan fingerprint density at radius 1 is 1.57 bits per heavy atom. The number of nitrogens with zero attached hydrogens (tertiary/aromatic N) is 2. The Bertz CT molecular complexity index is 535. The Morgan fingerprint density at radius 3 is 2.67 bits per heavy atom. The Balaban J connectivity index is 0.000000199. The van der Waals surface area contributed by atoms with Crippen molar-refractivity contribution in [3.8, 4) is 0 Å². The van der Waals surface area contributed by atoms with E-state index in [2.05, 4.69) is 30.6 Å². The predicted octanol–water partition coefficient (Wildman–Crippen LogP) is 2.95. The summed E-state index contributed by atoms with van der Waals surface area (Å²) in [6.07, 6.45) is 1.76. The van der Waals surface area contributed by atoms with Crippen molar-refractivity contribution in [3.05, 3.63) is 27.5 Å². The summed E-state index contributed by atoms with van der Waals surface area (Å²) in [4.78, 5) is 16.2. The number of carbonyl (C=O) groups excluding carboxylic acids is 1. The molecule has 0 aliphatic carbocycles. The summed E-state index contributed by atoms with van der Waals surface area (Å²) in [7, 11) is 0. The van der Waals surface area contributed by atoms with Gasteiger partial charge in [-0.3, -0.25) is 14.7 Å². The number of halogens is 2. The van der Waals surface area contributed by atoms with E-state index in [9.17, 15) is 4.79 Å². The van der Waals surface area contributed by atoms with Crippen LogP contribution in [0.15, 0.2) is 16.7 Å². The van der Waals surface area contributed by atoms with Gasteiger partial charge in [-0.15, -0.1) is 0 Å². The molecule has 7 heteroatoms. The zero-order chi connectivity index (χ0) is 15.7. The van der Waals surface area contributed by atoms with E-state index in [1.807, 2.05) is 26.8 Å². The van der Waals surface area contributed by atoms with Gasteiger partial charge in [0.05, 0.1) is 18.2 Å². The maximum Gasteiger partial charge on any atom is 0.293 e. The first-order chi connectivity index (χ1) is 9.78. The first kappa shape index (κ1) is 16.7. The molecule has 0 amide bonds. The van der Waals surface area contributed by atoms with Crippen LogP contribution < -0.4 is 0 Å². The highest BCUT2D eigenvalue weighted by Gasteiger charge is 2.60. The van der Waals surface area contributed by atoms with E-state index < -0.39 is 0 Å². The summed E-state index contributed by atoms with van der Waals surface area (Å²) < 4.78 is 11.1. The summed E-state index contributed by atoms with van der Waals surface area (Å²) in [5, 5.41) is 0.670. The standard InChI is InChI=1S/C9H8BrClN2O.C5H10O2/c10-6-3-7(11)8(12-4-6)9-5-13(9)1-2-14-9;1-5(2,3)7-4-6/h3-4H,1-2,5H2;4H,1-3H3. The minimum Gasteiger partial charge on any atom is -0.462 e. The lowest BCUT2D eigenvalue weighted by molar-refractivity contribution is -0.138. The fraction of sp³-hybridized carbons (Fsp3) is 0.571. The third-order valence-corrected chi connectivity index (χ3v) is 3.82. The number of pyridine rings is 1. The van der Waals surface area contributed by atoms with Gasteiger partial charge in [-0.1, -0.05) is 11.6 Å². The second kappa shape index (κ2) is 6.20. The van der Waals surface area contributed by atoms with Gasteiger partial charge in [0.15, 0.2) is 5.72 Å². The largest absolute Gasteiger partial charge is 0.462 e. The molecule has 5 nitrogen and oxygen atoms in total. The van der Waals surface area contributed by atoms with Crippen molar-refractivity contribution in [2.75, 3.05) is 19.7 Å². The number of hydrogen-bond donors (Lipinski definition) is 0. The van der Waals surface area contributed by atoms with Gasteiger partial charge in [-0.2, -0.15) is 0 Å². The molecule has 0 bridgehead atoms. The molecule has 2 aliphatic heterocycles. The number of aromatic nitrogens is 1. The maximum atomic E-state index is 9.60. The summed E-state index contributed by atoms with van der Waals surface area (Å²) in [6, 6.07) is 1.86. The molecule has 0 radical (unpaired) electrons. The van der Waals surface area contributed by atoms with E-state index in [-0.39, 0.29) is 11.3 Å². The van der Waals surface area contributed by atoms with E-state index in [0.29, 0.717) is 11.5 Å². The highest BCUT2D eigenvalue weighted by molar-refractivity contribution is 9.10. The molecule has 2 fully saturated rings. The number of ether oxygens (including phenoxy) is 2. The Kier molecular flexibility index (Phi) is 4.92. The molecule has 2 aliphatic rings. The maximum absolute atomic E-state index is 9.60. The van der Waals surface area contributed by atoms with Crippen LogP contribution in [-0.4, -0.2) is 41.7 Å². The van der Waals surface area contributed by atoms with Crippen molar-refractivity contribution < 1.29 is 14.3 Å². The molecule has 0 aromatic carbocycles. The smallest absolute Gasteiger partial charge is 0.293 e. The van der Waals surface area contributed by atoms with Crippen molar-refractivity contribution in [1.82, 2.24) is 9.88 Å². The monoisotopic (exact) mass is 376 g/mol. The number of rotatable bonds is 2. The topological polar surface area (TPSA) is 51.4 Å². The Morgan fingerprint density at radius 2 is 2.29 bits per heavy atom. The first-order valence-electron chi connectivity index (χ1n) is 6.60. The second-order valence-corrected chi connectivity index (χ2v) is 7.19. The minimum absolute atomic E-state index is 0.294. The van der Waals surface area contributed by atoms with E-state index in [1.165, 1.54) is 0 Å². The molecule has 0 N–H and O–H groups in total. The van der Waals surface area contributed by atoms with Crippen LogP contribution in [0.2, 0.25) is 5.02 Å². The summed E-state index contributed by atoms with van der Waals surface area (Å²) in [6.45, 7) is 8.59. The molecular formula is C14H18BrClN2O3. The molecule has 3 rings (SSSR count). The highest BCUT2D eigenvalue weighted by atomic mass is 79.9. The van der Waals surface area contributed by atoms with Crippen LogP contribution in [0.1, 0.15) is 26.5 Å². The summed E-state index contributed by atoms with van der Waals surface area (Å²) in [5.41, 5.74) is 0.236. The van der Waals surface area contributed by atoms with Crippen LogP contribution >= 0.6 is 27.5 Å². The molecule has 1 aromatic heterocycles. The van der Waals surface area contributed by atoms with Crippen molar-refractivity contribution in [2.24, 2.45) is 0 Å². The van der Waals surface area contributed by atoms with Gasteiger partial charge < -0.3 is 9.47 Å². The van der Waals surface area contributed by atoms with Crippen molar-refractivity contribution >= 4 is 34.0 Å². The lowest BCUT2D eigenvalue weighted by Crippen LogP contribution is -2.17. The average molecular weight is 378 g/mol. The molecule has 1 aromatic rings. The first-order valence-corrected chi connectivity index (χ1v) is 7.77. The number of morpholine rings is 1. The molecule has 3 heterocycles. The fourth-order valence-corrected chi connectivity index (χ4v) is 2.86. The third kappa shape index (κ3) is 3.94. The lowest BCUT2D eigenvalue weighted by Gasteiger charge is -2.14. The zero-order valence-electron chi connectivity index (χ0n) is 12.2. The minimum atomic E-state index is -0.318. The molecule has 0 saturated carbocycles. The van der Waals surface area contributed by atoms with Crippen LogP contribution in [0.3, 0.4) is 0 Å². The van der Waals surface area contributed by atoms with Gasteiger partial charge in [0, 0.05) is 17.2 Å². The molecule has 2 saturated heterocycles. The van der Waals surface area contributed by atoms with Gasteiger partial charge in [0.25, 0.3) is 6.47 Å². The molecule has 116 valence electrons. The summed E-state index contributed by atoms with van der Waals surface area (Å²) >= 11 is 9.46. The van der Waals surface area contributed by atoms with Crippen molar-refractivity contribution in [2.45, 2.75) is 32.1 Å². The van der Waals surface area contributed by atoms with Gasteiger partial charge in [0.1, 0.15) is 11.3 Å². The molecule has 2 atom stereocenters. The van der Waals surface area contributed by atoms with Crippen molar-refractivity contribution in [3.63, 3.8) is 0 Å². The zero-order valence-corrected chi connectivity index (χ0v) is 14.6. The highest BCUT2D eigenvalue weighted by Crippen LogP contribution is 2.48. The molecule has 0 spiro atoms. The van der Waals surface area contributed by atoms with E-state index in [0.717, 1.165) is 29.9 Å². The number of hydrogen-bond acceptors (Lipinski definition) is 5. The fourth-order valence-electron chi connectivity index (χ4n) is 2.08. The predicted molar refractivity (Wildman–Crippen MR) is 83.1 cm³/mol. The number of fused-ring (bicyclic) bond motifs is 1.